The molecule has 0 bridgehead atoms. The summed E-state index contributed by atoms with van der Waals surface area (Å²) < 4.78 is 5.50. The number of fused-ring (bicyclic) bond motifs is 1. The Hall–Kier alpha value is -3.00. The SMILES string of the molecule is CCN(CC)C(=O)C(OC)c1cncc(-c2cnc3c(c2)CCCN3C(N)=O)c1. The maximum atomic E-state index is 12.8. The molecule has 2 aromatic rings. The lowest BCUT2D eigenvalue weighted by Crippen LogP contribution is -2.40. The van der Waals surface area contributed by atoms with Crippen molar-refractivity contribution >= 4 is 17.8 Å². The lowest BCUT2D eigenvalue weighted by Gasteiger charge is -2.27. The Morgan fingerprint density at radius 3 is 2.59 bits per heavy atom. The fourth-order valence-electron chi connectivity index (χ4n) is 3.68. The quantitative estimate of drug-likeness (QED) is 0.807. The number of pyridine rings is 2. The zero-order valence-electron chi connectivity index (χ0n) is 17.1. The minimum absolute atomic E-state index is 0.0860. The van der Waals surface area contributed by atoms with Gasteiger partial charge in [0.2, 0.25) is 0 Å². The largest absolute Gasteiger partial charge is 0.367 e. The zero-order valence-corrected chi connectivity index (χ0v) is 17.1. The number of ether oxygens (including phenoxy) is 1. The van der Waals surface area contributed by atoms with E-state index in [1.165, 1.54) is 12.0 Å². The Labute approximate surface area is 170 Å². The van der Waals surface area contributed by atoms with Crippen LogP contribution in [0.5, 0.6) is 0 Å². The van der Waals surface area contributed by atoms with E-state index in [0.29, 0.717) is 31.0 Å². The van der Waals surface area contributed by atoms with Crippen molar-refractivity contribution in [3.8, 4) is 11.1 Å². The van der Waals surface area contributed by atoms with Gasteiger partial charge in [-0.3, -0.25) is 14.7 Å². The van der Waals surface area contributed by atoms with Gasteiger partial charge in [-0.05, 0) is 44.4 Å². The number of aryl methyl sites for hydroxylation is 1. The fraction of sp³-hybridized carbons (Fsp3) is 0.429. The van der Waals surface area contributed by atoms with Crippen LogP contribution in [0.2, 0.25) is 0 Å². The molecule has 0 saturated carbocycles. The molecule has 3 amide bonds. The van der Waals surface area contributed by atoms with Crippen LogP contribution in [0.3, 0.4) is 0 Å². The van der Waals surface area contributed by atoms with Crippen LogP contribution >= 0.6 is 0 Å². The number of hydrogen-bond acceptors (Lipinski definition) is 5. The molecule has 0 spiro atoms. The van der Waals surface area contributed by atoms with Crippen molar-refractivity contribution in [2.24, 2.45) is 5.73 Å². The van der Waals surface area contributed by atoms with Gasteiger partial charge in [-0.15, -0.1) is 0 Å². The van der Waals surface area contributed by atoms with Crippen molar-refractivity contribution in [3.63, 3.8) is 0 Å². The smallest absolute Gasteiger partial charge is 0.320 e. The summed E-state index contributed by atoms with van der Waals surface area (Å²) in [5.41, 5.74) is 8.83. The Kier molecular flexibility index (Phi) is 6.43. The standard InChI is InChI=1S/C21H27N5O3/c1-4-25(5-2)20(27)18(29-3)17-10-15(11-23-12-17)16-9-14-7-6-8-26(21(22)28)19(14)24-13-16/h9-13,18H,4-8H2,1-3H3,(H2,22,28). The highest BCUT2D eigenvalue weighted by atomic mass is 16.5. The van der Waals surface area contributed by atoms with E-state index in [-0.39, 0.29) is 5.91 Å². The van der Waals surface area contributed by atoms with Crippen molar-refractivity contribution in [2.45, 2.75) is 32.8 Å². The van der Waals surface area contributed by atoms with Crippen LogP contribution in [-0.4, -0.2) is 53.6 Å². The van der Waals surface area contributed by atoms with Gasteiger partial charge in [0.05, 0.1) is 0 Å². The van der Waals surface area contributed by atoms with Gasteiger partial charge >= 0.3 is 6.03 Å². The molecule has 1 aliphatic rings. The summed E-state index contributed by atoms with van der Waals surface area (Å²) in [6.07, 6.45) is 6.04. The second kappa shape index (κ2) is 9.00. The average Bonchev–Trinajstić information content (AvgIpc) is 2.74. The number of rotatable bonds is 6. The molecule has 0 aliphatic carbocycles. The summed E-state index contributed by atoms with van der Waals surface area (Å²) in [5.74, 6) is 0.528. The van der Waals surface area contributed by atoms with E-state index in [0.717, 1.165) is 29.5 Å². The van der Waals surface area contributed by atoms with Crippen molar-refractivity contribution in [1.82, 2.24) is 14.9 Å². The number of aromatic nitrogens is 2. The summed E-state index contributed by atoms with van der Waals surface area (Å²) in [7, 11) is 1.53. The van der Waals surface area contributed by atoms with Crippen LogP contribution in [0.25, 0.3) is 11.1 Å². The highest BCUT2D eigenvalue weighted by molar-refractivity contribution is 5.91. The molecule has 29 heavy (non-hydrogen) atoms. The molecule has 0 radical (unpaired) electrons. The van der Waals surface area contributed by atoms with Crippen LogP contribution < -0.4 is 10.6 Å². The summed E-state index contributed by atoms with van der Waals surface area (Å²) >= 11 is 0. The van der Waals surface area contributed by atoms with Crippen LogP contribution in [0.15, 0.2) is 30.7 Å². The van der Waals surface area contributed by atoms with Gasteiger partial charge in [0.15, 0.2) is 6.10 Å². The second-order valence-electron chi connectivity index (χ2n) is 6.93. The first-order valence-electron chi connectivity index (χ1n) is 9.82. The Bertz CT molecular complexity index is 898. The lowest BCUT2D eigenvalue weighted by atomic mass is 9.99. The van der Waals surface area contributed by atoms with E-state index in [9.17, 15) is 9.59 Å². The Balaban J connectivity index is 1.93. The molecule has 1 unspecified atom stereocenters. The fourth-order valence-corrected chi connectivity index (χ4v) is 3.68. The molecule has 2 N–H and O–H groups in total. The number of nitrogens with two attached hydrogens (primary N) is 1. The molecule has 1 aliphatic heterocycles. The maximum absolute atomic E-state index is 12.8. The van der Waals surface area contributed by atoms with Gasteiger partial charge in [-0.25, -0.2) is 9.78 Å². The van der Waals surface area contributed by atoms with Gasteiger partial charge in [-0.2, -0.15) is 0 Å². The van der Waals surface area contributed by atoms with Gasteiger partial charge in [0.25, 0.3) is 5.91 Å². The molecule has 154 valence electrons. The van der Waals surface area contributed by atoms with E-state index in [4.69, 9.17) is 10.5 Å². The summed E-state index contributed by atoms with van der Waals surface area (Å²) in [5, 5.41) is 0. The predicted octanol–water partition coefficient (Wildman–Crippen LogP) is 2.53. The molecule has 8 nitrogen and oxygen atoms in total. The number of hydrogen-bond donors (Lipinski definition) is 1. The molecule has 3 rings (SSSR count). The van der Waals surface area contributed by atoms with E-state index >= 15 is 0 Å². The molecule has 3 heterocycles. The minimum atomic E-state index is -0.710. The van der Waals surface area contributed by atoms with Crippen LogP contribution in [-0.2, 0) is 16.0 Å². The molecule has 0 aromatic carbocycles. The van der Waals surface area contributed by atoms with Crippen molar-refractivity contribution in [3.05, 3.63) is 41.9 Å². The number of anilines is 1. The van der Waals surface area contributed by atoms with Crippen LogP contribution in [0.4, 0.5) is 10.6 Å². The van der Waals surface area contributed by atoms with Gasteiger partial charge < -0.3 is 15.4 Å². The normalized spacial score (nSPS) is 14.2. The first-order chi connectivity index (χ1) is 14.0. The molecule has 0 saturated heterocycles. The highest BCUT2D eigenvalue weighted by Gasteiger charge is 2.26. The Morgan fingerprint density at radius 1 is 1.21 bits per heavy atom. The van der Waals surface area contributed by atoms with E-state index in [2.05, 4.69) is 9.97 Å². The third kappa shape index (κ3) is 4.22. The lowest BCUT2D eigenvalue weighted by molar-refractivity contribution is -0.142. The monoisotopic (exact) mass is 397 g/mol. The van der Waals surface area contributed by atoms with Crippen LogP contribution in [0.1, 0.15) is 37.5 Å². The molecule has 0 fully saturated rings. The van der Waals surface area contributed by atoms with Crippen molar-refractivity contribution in [1.29, 1.82) is 0 Å². The summed E-state index contributed by atoms with van der Waals surface area (Å²) in [6, 6.07) is 3.42. The number of nitrogens with zero attached hydrogens (tertiary/aromatic N) is 4. The predicted molar refractivity (Wildman–Crippen MR) is 110 cm³/mol. The zero-order chi connectivity index (χ0) is 21.0. The highest BCUT2D eigenvalue weighted by Crippen LogP contribution is 2.30. The number of carbonyl (C=O) groups is 2. The first kappa shape index (κ1) is 20.7. The van der Waals surface area contributed by atoms with Gasteiger partial charge in [0.1, 0.15) is 5.82 Å². The first-order valence-corrected chi connectivity index (χ1v) is 9.82. The molecule has 1 atom stereocenters. The van der Waals surface area contributed by atoms with E-state index in [1.807, 2.05) is 26.0 Å². The van der Waals surface area contributed by atoms with Crippen LogP contribution in [0, 0.1) is 0 Å². The number of carbonyl (C=O) groups excluding carboxylic acids is 2. The average molecular weight is 397 g/mol. The van der Waals surface area contributed by atoms with Crippen molar-refractivity contribution < 1.29 is 14.3 Å². The second-order valence-corrected chi connectivity index (χ2v) is 6.93. The molecular formula is C21H27N5O3. The number of likely N-dealkylation sites (N-methyl/N-ethyl adjacent to an activating group) is 1. The summed E-state index contributed by atoms with van der Waals surface area (Å²) in [6.45, 7) is 5.70. The van der Waals surface area contributed by atoms with Gasteiger partial charge in [-0.1, -0.05) is 0 Å². The number of amides is 3. The van der Waals surface area contributed by atoms with E-state index in [1.54, 1.807) is 23.5 Å². The maximum Gasteiger partial charge on any atom is 0.320 e. The third-order valence-electron chi connectivity index (χ3n) is 5.22. The number of primary amides is 1. The minimum Gasteiger partial charge on any atom is -0.367 e. The molecule has 8 heteroatoms. The number of methoxy groups -OCH3 is 1. The van der Waals surface area contributed by atoms with Gasteiger partial charge in [0, 0.05) is 62.0 Å². The van der Waals surface area contributed by atoms with E-state index < -0.39 is 12.1 Å². The van der Waals surface area contributed by atoms with Crippen molar-refractivity contribution in [2.75, 3.05) is 31.6 Å². The Morgan fingerprint density at radius 2 is 1.93 bits per heavy atom. The molecule has 2 aromatic heterocycles. The third-order valence-corrected chi connectivity index (χ3v) is 5.22. The summed E-state index contributed by atoms with van der Waals surface area (Å²) in [4.78, 5) is 36.5. The topological polar surface area (TPSA) is 102 Å². The number of urea groups is 1. The molecular weight excluding hydrogens is 370 g/mol.